The SMILES string of the molecule is CCN(Cc1ccccc1)C(=O)c1ccc(C)nc1. The molecule has 2 rings (SSSR count). The van der Waals surface area contributed by atoms with E-state index in [2.05, 4.69) is 4.98 Å². The quantitative estimate of drug-likeness (QED) is 0.840. The lowest BCUT2D eigenvalue weighted by Crippen LogP contribution is -2.30. The van der Waals surface area contributed by atoms with Gasteiger partial charge in [-0.3, -0.25) is 9.78 Å². The number of carbonyl (C=O) groups is 1. The molecule has 0 atom stereocenters. The minimum atomic E-state index is 0.0267. The van der Waals surface area contributed by atoms with Crippen LogP contribution in [0.2, 0.25) is 0 Å². The Morgan fingerprint density at radius 1 is 1.16 bits per heavy atom. The summed E-state index contributed by atoms with van der Waals surface area (Å²) >= 11 is 0. The van der Waals surface area contributed by atoms with Crippen LogP contribution in [0.5, 0.6) is 0 Å². The van der Waals surface area contributed by atoms with Gasteiger partial charge in [-0.25, -0.2) is 0 Å². The maximum atomic E-state index is 12.4. The molecule has 1 aromatic carbocycles. The molecule has 1 amide bonds. The Kier molecular flexibility index (Phi) is 4.29. The summed E-state index contributed by atoms with van der Waals surface area (Å²) in [5.74, 6) is 0.0267. The third kappa shape index (κ3) is 3.41. The van der Waals surface area contributed by atoms with Gasteiger partial charge in [-0.15, -0.1) is 0 Å². The molecule has 19 heavy (non-hydrogen) atoms. The Morgan fingerprint density at radius 2 is 1.89 bits per heavy atom. The van der Waals surface area contributed by atoms with Gasteiger partial charge in [0.25, 0.3) is 5.91 Å². The number of amides is 1. The number of hydrogen-bond acceptors (Lipinski definition) is 2. The van der Waals surface area contributed by atoms with E-state index in [0.717, 1.165) is 11.3 Å². The fourth-order valence-electron chi connectivity index (χ4n) is 1.91. The van der Waals surface area contributed by atoms with Crippen molar-refractivity contribution in [3.63, 3.8) is 0 Å². The van der Waals surface area contributed by atoms with E-state index >= 15 is 0 Å². The topological polar surface area (TPSA) is 33.2 Å². The number of benzene rings is 1. The molecule has 1 heterocycles. The second-order valence-corrected chi connectivity index (χ2v) is 4.49. The Hall–Kier alpha value is -2.16. The fourth-order valence-corrected chi connectivity index (χ4v) is 1.91. The first-order valence-corrected chi connectivity index (χ1v) is 6.46. The third-order valence-electron chi connectivity index (χ3n) is 3.04. The van der Waals surface area contributed by atoms with Gasteiger partial charge in [-0.2, -0.15) is 0 Å². The monoisotopic (exact) mass is 254 g/mol. The standard InChI is InChI=1S/C16H18N2O/c1-3-18(12-14-7-5-4-6-8-14)16(19)15-10-9-13(2)17-11-15/h4-11H,3,12H2,1-2H3. The molecule has 0 spiro atoms. The van der Waals surface area contributed by atoms with Gasteiger partial charge in [-0.1, -0.05) is 30.3 Å². The minimum Gasteiger partial charge on any atom is -0.335 e. The van der Waals surface area contributed by atoms with Crippen molar-refractivity contribution in [3.05, 3.63) is 65.5 Å². The second-order valence-electron chi connectivity index (χ2n) is 4.49. The van der Waals surface area contributed by atoms with E-state index in [9.17, 15) is 4.79 Å². The third-order valence-corrected chi connectivity index (χ3v) is 3.04. The molecule has 3 nitrogen and oxygen atoms in total. The van der Waals surface area contributed by atoms with Gasteiger partial charge in [0.15, 0.2) is 0 Å². The first-order chi connectivity index (χ1) is 9.20. The van der Waals surface area contributed by atoms with E-state index in [1.807, 2.05) is 61.2 Å². The maximum absolute atomic E-state index is 12.4. The number of aryl methyl sites for hydroxylation is 1. The van der Waals surface area contributed by atoms with Crippen molar-refractivity contribution >= 4 is 5.91 Å². The van der Waals surface area contributed by atoms with Crippen molar-refractivity contribution in [2.45, 2.75) is 20.4 Å². The molecule has 0 aliphatic rings. The van der Waals surface area contributed by atoms with Crippen LogP contribution in [0.25, 0.3) is 0 Å². The van der Waals surface area contributed by atoms with Gasteiger partial charge in [0.1, 0.15) is 0 Å². The summed E-state index contributed by atoms with van der Waals surface area (Å²) in [5, 5.41) is 0. The summed E-state index contributed by atoms with van der Waals surface area (Å²) in [4.78, 5) is 18.4. The van der Waals surface area contributed by atoms with Crippen LogP contribution < -0.4 is 0 Å². The molecule has 0 radical (unpaired) electrons. The normalized spacial score (nSPS) is 10.2. The molecule has 1 aromatic heterocycles. The zero-order valence-electron chi connectivity index (χ0n) is 11.3. The number of carbonyl (C=O) groups excluding carboxylic acids is 1. The van der Waals surface area contributed by atoms with Gasteiger partial charge in [0.2, 0.25) is 0 Å². The highest BCUT2D eigenvalue weighted by Gasteiger charge is 2.14. The molecular weight excluding hydrogens is 236 g/mol. The van der Waals surface area contributed by atoms with Crippen molar-refractivity contribution in [3.8, 4) is 0 Å². The lowest BCUT2D eigenvalue weighted by Gasteiger charge is -2.21. The molecule has 3 heteroatoms. The highest BCUT2D eigenvalue weighted by Crippen LogP contribution is 2.09. The average molecular weight is 254 g/mol. The van der Waals surface area contributed by atoms with E-state index < -0.39 is 0 Å². The molecule has 0 saturated heterocycles. The van der Waals surface area contributed by atoms with Crippen molar-refractivity contribution in [1.29, 1.82) is 0 Å². The van der Waals surface area contributed by atoms with Gasteiger partial charge in [-0.05, 0) is 31.5 Å². The summed E-state index contributed by atoms with van der Waals surface area (Å²) < 4.78 is 0. The highest BCUT2D eigenvalue weighted by atomic mass is 16.2. The van der Waals surface area contributed by atoms with E-state index in [1.165, 1.54) is 0 Å². The Bertz CT molecular complexity index is 534. The first-order valence-electron chi connectivity index (χ1n) is 6.46. The number of aromatic nitrogens is 1. The van der Waals surface area contributed by atoms with Crippen LogP contribution in [-0.4, -0.2) is 22.3 Å². The molecule has 0 aliphatic carbocycles. The minimum absolute atomic E-state index is 0.0267. The zero-order valence-corrected chi connectivity index (χ0v) is 11.3. The van der Waals surface area contributed by atoms with Crippen LogP contribution in [-0.2, 0) is 6.54 Å². The Morgan fingerprint density at radius 3 is 2.47 bits per heavy atom. The van der Waals surface area contributed by atoms with Crippen LogP contribution in [0.4, 0.5) is 0 Å². The molecule has 0 fully saturated rings. The zero-order chi connectivity index (χ0) is 13.7. The highest BCUT2D eigenvalue weighted by molar-refractivity contribution is 5.93. The summed E-state index contributed by atoms with van der Waals surface area (Å²) in [6.45, 7) is 5.21. The summed E-state index contributed by atoms with van der Waals surface area (Å²) in [5.41, 5.74) is 2.70. The Labute approximate surface area is 113 Å². The molecule has 0 N–H and O–H groups in total. The van der Waals surface area contributed by atoms with Crippen LogP contribution in [0.3, 0.4) is 0 Å². The van der Waals surface area contributed by atoms with Crippen LogP contribution >= 0.6 is 0 Å². The molecule has 98 valence electrons. The van der Waals surface area contributed by atoms with E-state index in [4.69, 9.17) is 0 Å². The van der Waals surface area contributed by atoms with Crippen LogP contribution in [0.1, 0.15) is 28.5 Å². The van der Waals surface area contributed by atoms with Crippen LogP contribution in [0.15, 0.2) is 48.7 Å². The molecule has 0 aliphatic heterocycles. The van der Waals surface area contributed by atoms with E-state index in [-0.39, 0.29) is 5.91 Å². The predicted octanol–water partition coefficient (Wildman–Crippen LogP) is 3.05. The number of rotatable bonds is 4. The maximum Gasteiger partial charge on any atom is 0.255 e. The number of nitrogens with zero attached hydrogens (tertiary/aromatic N) is 2. The van der Waals surface area contributed by atoms with Crippen molar-refractivity contribution in [1.82, 2.24) is 9.88 Å². The van der Waals surface area contributed by atoms with Gasteiger partial charge < -0.3 is 4.90 Å². The number of hydrogen-bond donors (Lipinski definition) is 0. The molecule has 0 saturated carbocycles. The molecule has 2 aromatic rings. The van der Waals surface area contributed by atoms with E-state index in [0.29, 0.717) is 18.7 Å². The molecule has 0 bridgehead atoms. The Balaban J connectivity index is 2.13. The van der Waals surface area contributed by atoms with Crippen LogP contribution in [0, 0.1) is 6.92 Å². The van der Waals surface area contributed by atoms with E-state index in [1.54, 1.807) is 6.20 Å². The molecule has 0 unspecified atom stereocenters. The largest absolute Gasteiger partial charge is 0.335 e. The smallest absolute Gasteiger partial charge is 0.255 e. The van der Waals surface area contributed by atoms with Crippen molar-refractivity contribution < 1.29 is 4.79 Å². The fraction of sp³-hybridized carbons (Fsp3) is 0.250. The lowest BCUT2D eigenvalue weighted by molar-refractivity contribution is 0.0752. The predicted molar refractivity (Wildman–Crippen MR) is 75.8 cm³/mol. The van der Waals surface area contributed by atoms with Crippen molar-refractivity contribution in [2.24, 2.45) is 0 Å². The second kappa shape index (κ2) is 6.14. The summed E-state index contributed by atoms with van der Waals surface area (Å²) in [6.07, 6.45) is 1.64. The first kappa shape index (κ1) is 13.3. The average Bonchev–Trinajstić information content (AvgIpc) is 2.46. The number of pyridine rings is 1. The summed E-state index contributed by atoms with van der Waals surface area (Å²) in [7, 11) is 0. The molecular formula is C16H18N2O. The lowest BCUT2D eigenvalue weighted by atomic mass is 10.2. The van der Waals surface area contributed by atoms with Gasteiger partial charge in [0, 0.05) is 25.0 Å². The summed E-state index contributed by atoms with van der Waals surface area (Å²) in [6, 6.07) is 13.7. The van der Waals surface area contributed by atoms with Gasteiger partial charge >= 0.3 is 0 Å². The van der Waals surface area contributed by atoms with Gasteiger partial charge in [0.05, 0.1) is 5.56 Å². The van der Waals surface area contributed by atoms with Crippen molar-refractivity contribution in [2.75, 3.05) is 6.54 Å².